The number of benzene rings is 1. The molecule has 6 nitrogen and oxygen atoms in total. The third kappa shape index (κ3) is 5.43. The Bertz CT molecular complexity index is 613. The summed E-state index contributed by atoms with van der Waals surface area (Å²) in [6, 6.07) is 7.01. The second kappa shape index (κ2) is 11.2. The number of carbonyl (C=O) groups excluding carboxylic acids is 2. The molecule has 1 aromatic carbocycles. The van der Waals surface area contributed by atoms with Crippen LogP contribution < -0.4 is 5.32 Å². The van der Waals surface area contributed by atoms with Crippen LogP contribution in [0.2, 0.25) is 0 Å². The summed E-state index contributed by atoms with van der Waals surface area (Å²) in [5.41, 5.74) is 1.03. The van der Waals surface area contributed by atoms with Gasteiger partial charge in [0.1, 0.15) is 0 Å². The van der Waals surface area contributed by atoms with Crippen LogP contribution in [0.25, 0.3) is 0 Å². The molecule has 0 spiro atoms. The SMILES string of the molecule is CCCCN(C)C(=NC)NCCCCN1C(=O)c2ccccc2C1=O.I. The van der Waals surface area contributed by atoms with E-state index >= 15 is 0 Å². The average molecular weight is 472 g/mol. The molecule has 2 amide bonds. The van der Waals surface area contributed by atoms with Crippen molar-refractivity contribution in [2.75, 3.05) is 33.7 Å². The molecule has 0 unspecified atom stereocenters. The van der Waals surface area contributed by atoms with Crippen LogP contribution >= 0.6 is 24.0 Å². The van der Waals surface area contributed by atoms with E-state index in [0.29, 0.717) is 17.7 Å². The second-order valence-corrected chi connectivity index (χ2v) is 6.26. The maximum absolute atomic E-state index is 12.3. The quantitative estimate of drug-likeness (QED) is 0.208. The summed E-state index contributed by atoms with van der Waals surface area (Å²) < 4.78 is 0. The van der Waals surface area contributed by atoms with Gasteiger partial charge in [0, 0.05) is 33.7 Å². The van der Waals surface area contributed by atoms with E-state index in [4.69, 9.17) is 0 Å². The molecule has 0 saturated heterocycles. The minimum absolute atomic E-state index is 0. The van der Waals surface area contributed by atoms with Gasteiger partial charge in [0.25, 0.3) is 11.8 Å². The molecule has 0 radical (unpaired) electrons. The largest absolute Gasteiger partial charge is 0.356 e. The normalized spacial score (nSPS) is 13.5. The van der Waals surface area contributed by atoms with Crippen molar-refractivity contribution in [1.29, 1.82) is 0 Å². The monoisotopic (exact) mass is 472 g/mol. The number of hydrogen-bond donors (Lipinski definition) is 1. The first-order chi connectivity index (χ1) is 12.1. The van der Waals surface area contributed by atoms with Crippen molar-refractivity contribution in [3.05, 3.63) is 35.4 Å². The van der Waals surface area contributed by atoms with Gasteiger partial charge in [-0.05, 0) is 31.4 Å². The van der Waals surface area contributed by atoms with Crippen LogP contribution in [0.5, 0.6) is 0 Å². The first-order valence-corrected chi connectivity index (χ1v) is 8.97. The molecule has 1 aromatic rings. The number of guanidine groups is 1. The lowest BCUT2D eigenvalue weighted by Gasteiger charge is -2.22. The third-order valence-corrected chi connectivity index (χ3v) is 4.39. The van der Waals surface area contributed by atoms with Gasteiger partial charge in [-0.25, -0.2) is 0 Å². The molecule has 0 bridgehead atoms. The Morgan fingerprint density at radius 3 is 2.27 bits per heavy atom. The minimum Gasteiger partial charge on any atom is -0.356 e. The van der Waals surface area contributed by atoms with Gasteiger partial charge in [-0.2, -0.15) is 0 Å². The van der Waals surface area contributed by atoms with E-state index in [1.807, 2.05) is 7.05 Å². The van der Waals surface area contributed by atoms with Crippen molar-refractivity contribution in [2.24, 2.45) is 4.99 Å². The lowest BCUT2D eigenvalue weighted by Crippen LogP contribution is -2.40. The molecule has 0 fully saturated rings. The zero-order valence-electron chi connectivity index (χ0n) is 15.8. The maximum atomic E-state index is 12.3. The van der Waals surface area contributed by atoms with E-state index in [1.54, 1.807) is 31.3 Å². The predicted molar refractivity (Wildman–Crippen MR) is 115 cm³/mol. The molecule has 1 aliphatic heterocycles. The molecule has 0 atom stereocenters. The van der Waals surface area contributed by atoms with Crippen molar-refractivity contribution in [1.82, 2.24) is 15.1 Å². The van der Waals surface area contributed by atoms with Gasteiger partial charge < -0.3 is 10.2 Å². The third-order valence-electron chi connectivity index (χ3n) is 4.39. The highest BCUT2D eigenvalue weighted by molar-refractivity contribution is 14.0. The molecule has 26 heavy (non-hydrogen) atoms. The van der Waals surface area contributed by atoms with E-state index < -0.39 is 0 Å². The highest BCUT2D eigenvalue weighted by Gasteiger charge is 2.34. The Morgan fingerprint density at radius 2 is 1.73 bits per heavy atom. The Hall–Kier alpha value is -1.64. The van der Waals surface area contributed by atoms with Crippen LogP contribution in [0, 0.1) is 0 Å². The van der Waals surface area contributed by atoms with E-state index in [0.717, 1.165) is 44.7 Å². The molecule has 1 aliphatic rings. The van der Waals surface area contributed by atoms with Gasteiger partial charge in [0.15, 0.2) is 5.96 Å². The molecule has 144 valence electrons. The first-order valence-electron chi connectivity index (χ1n) is 8.97. The van der Waals surface area contributed by atoms with Gasteiger partial charge in [0.2, 0.25) is 0 Å². The molecule has 0 aliphatic carbocycles. The van der Waals surface area contributed by atoms with Crippen LogP contribution in [0.4, 0.5) is 0 Å². The fraction of sp³-hybridized carbons (Fsp3) is 0.526. The summed E-state index contributed by atoms with van der Waals surface area (Å²) in [5, 5.41) is 3.33. The number of halogens is 1. The lowest BCUT2D eigenvalue weighted by molar-refractivity contribution is 0.0652. The van der Waals surface area contributed by atoms with Crippen molar-refractivity contribution in [3.63, 3.8) is 0 Å². The van der Waals surface area contributed by atoms with Gasteiger partial charge in [-0.15, -0.1) is 24.0 Å². The van der Waals surface area contributed by atoms with Crippen molar-refractivity contribution < 1.29 is 9.59 Å². The van der Waals surface area contributed by atoms with Crippen molar-refractivity contribution in [3.8, 4) is 0 Å². The molecule has 1 N–H and O–H groups in total. The standard InChI is InChI=1S/C19H28N4O2.HI/c1-4-5-13-22(3)19(20-2)21-12-8-9-14-23-17(24)15-10-6-7-11-16(15)18(23)25;/h6-7,10-11H,4-5,8-9,12-14H2,1-3H3,(H,20,21);1H. The van der Waals surface area contributed by atoms with Crippen molar-refractivity contribution in [2.45, 2.75) is 32.6 Å². The number of amides is 2. The van der Waals surface area contributed by atoms with Crippen molar-refractivity contribution >= 4 is 41.8 Å². The van der Waals surface area contributed by atoms with Gasteiger partial charge in [0.05, 0.1) is 11.1 Å². The van der Waals surface area contributed by atoms with Crippen LogP contribution in [-0.2, 0) is 0 Å². The molecule has 2 rings (SSSR count). The number of imide groups is 1. The van der Waals surface area contributed by atoms with E-state index in [1.165, 1.54) is 4.90 Å². The van der Waals surface area contributed by atoms with Gasteiger partial charge >= 0.3 is 0 Å². The van der Waals surface area contributed by atoms with Crippen LogP contribution in [0.15, 0.2) is 29.3 Å². The molecular formula is C19H29IN4O2. The fourth-order valence-corrected chi connectivity index (χ4v) is 2.92. The number of rotatable bonds is 8. The number of fused-ring (bicyclic) bond motifs is 1. The number of hydrogen-bond acceptors (Lipinski definition) is 3. The Morgan fingerprint density at radius 1 is 1.12 bits per heavy atom. The minimum atomic E-state index is -0.177. The van der Waals surface area contributed by atoms with E-state index in [2.05, 4.69) is 22.1 Å². The molecular weight excluding hydrogens is 443 g/mol. The Labute approximate surface area is 173 Å². The van der Waals surface area contributed by atoms with E-state index in [-0.39, 0.29) is 35.8 Å². The number of unbranched alkanes of at least 4 members (excludes halogenated alkanes) is 2. The smallest absolute Gasteiger partial charge is 0.261 e. The lowest BCUT2D eigenvalue weighted by atomic mass is 10.1. The number of nitrogens with one attached hydrogen (secondary N) is 1. The average Bonchev–Trinajstić information content (AvgIpc) is 2.87. The number of aliphatic imine (C=N–C) groups is 1. The summed E-state index contributed by atoms with van der Waals surface area (Å²) in [7, 11) is 3.81. The van der Waals surface area contributed by atoms with Gasteiger partial charge in [-0.3, -0.25) is 19.5 Å². The summed E-state index contributed by atoms with van der Waals surface area (Å²) >= 11 is 0. The topological polar surface area (TPSA) is 65.0 Å². The molecule has 0 saturated carbocycles. The van der Waals surface area contributed by atoms with E-state index in [9.17, 15) is 9.59 Å². The summed E-state index contributed by atoms with van der Waals surface area (Å²) in [4.78, 5) is 32.3. The zero-order valence-corrected chi connectivity index (χ0v) is 18.2. The Kier molecular flexibility index (Phi) is 9.61. The molecule has 1 heterocycles. The highest BCUT2D eigenvalue weighted by atomic mass is 127. The molecule has 0 aromatic heterocycles. The predicted octanol–water partition coefficient (Wildman–Crippen LogP) is 2.99. The zero-order chi connectivity index (χ0) is 18.2. The number of carbonyl (C=O) groups is 2. The number of nitrogens with zero attached hydrogens (tertiary/aromatic N) is 3. The maximum Gasteiger partial charge on any atom is 0.261 e. The van der Waals surface area contributed by atoms with Crippen LogP contribution in [0.1, 0.15) is 53.3 Å². The molecule has 7 heteroatoms. The first kappa shape index (κ1) is 22.4. The second-order valence-electron chi connectivity index (χ2n) is 6.26. The summed E-state index contributed by atoms with van der Waals surface area (Å²) in [5.74, 6) is 0.529. The Balaban J connectivity index is 0.00000338. The van der Waals surface area contributed by atoms with Crippen LogP contribution in [-0.4, -0.2) is 61.3 Å². The highest BCUT2D eigenvalue weighted by Crippen LogP contribution is 2.22. The van der Waals surface area contributed by atoms with Crippen LogP contribution in [0.3, 0.4) is 0 Å². The summed E-state index contributed by atoms with van der Waals surface area (Å²) in [6.07, 6.45) is 3.93. The summed E-state index contributed by atoms with van der Waals surface area (Å²) in [6.45, 7) is 4.37. The fourth-order valence-electron chi connectivity index (χ4n) is 2.92. The van der Waals surface area contributed by atoms with Gasteiger partial charge in [-0.1, -0.05) is 25.5 Å².